The van der Waals surface area contributed by atoms with Crippen LogP contribution in [0.5, 0.6) is 0 Å². The minimum absolute atomic E-state index is 0.0614. The second kappa shape index (κ2) is 8.34. The summed E-state index contributed by atoms with van der Waals surface area (Å²) in [5.74, 6) is -0.512. The molecule has 0 saturated carbocycles. The first-order valence-corrected chi connectivity index (χ1v) is 10.1. The zero-order chi connectivity index (χ0) is 20.4. The number of anilines is 1. The predicted octanol–water partition coefficient (Wildman–Crippen LogP) is 3.41. The Bertz CT molecular complexity index is 938. The van der Waals surface area contributed by atoms with Crippen molar-refractivity contribution in [2.45, 2.75) is 25.5 Å². The van der Waals surface area contributed by atoms with Crippen LogP contribution in [0.1, 0.15) is 34.6 Å². The number of rotatable bonds is 7. The number of carbonyl (C=O) groups excluding carboxylic acids is 2. The van der Waals surface area contributed by atoms with Gasteiger partial charge in [0.25, 0.3) is 5.91 Å². The van der Waals surface area contributed by atoms with Crippen LogP contribution in [0.2, 0.25) is 4.34 Å². The van der Waals surface area contributed by atoms with Crippen molar-refractivity contribution in [3.63, 3.8) is 0 Å². The van der Waals surface area contributed by atoms with Gasteiger partial charge < -0.3 is 20.6 Å². The average molecular weight is 420 g/mol. The minimum atomic E-state index is -1.18. The molecule has 0 spiro atoms. The topological polar surface area (TPSA) is 81.7 Å². The zero-order valence-corrected chi connectivity index (χ0v) is 17.4. The summed E-state index contributed by atoms with van der Waals surface area (Å²) in [5, 5.41) is 16.4. The number of hydrogen-bond acceptors (Lipinski definition) is 6. The molecular weight excluding hydrogens is 398 g/mol. The van der Waals surface area contributed by atoms with Crippen molar-refractivity contribution in [3.8, 4) is 0 Å². The fourth-order valence-electron chi connectivity index (χ4n) is 2.95. The summed E-state index contributed by atoms with van der Waals surface area (Å²) >= 11 is 7.49. The summed E-state index contributed by atoms with van der Waals surface area (Å²) in [6.07, 6.45) is -0.417. The van der Waals surface area contributed by atoms with Crippen LogP contribution in [0.25, 0.3) is 0 Å². The second-order valence-electron chi connectivity index (χ2n) is 6.71. The molecule has 8 heteroatoms. The lowest BCUT2D eigenvalue weighted by Gasteiger charge is -2.32. The first-order chi connectivity index (χ1) is 13.3. The van der Waals surface area contributed by atoms with E-state index < -0.39 is 6.10 Å². The molecule has 0 radical (unpaired) electrons. The molecule has 3 N–H and O–H groups in total. The van der Waals surface area contributed by atoms with Gasteiger partial charge in [-0.05, 0) is 36.8 Å². The van der Waals surface area contributed by atoms with E-state index in [-0.39, 0.29) is 17.7 Å². The number of nitrogens with zero attached hydrogens (tertiary/aromatic N) is 1. The number of carbonyl (C=O) groups is 2. The van der Waals surface area contributed by atoms with Crippen molar-refractivity contribution >= 4 is 40.3 Å². The highest BCUT2D eigenvalue weighted by atomic mass is 35.5. The summed E-state index contributed by atoms with van der Waals surface area (Å²) in [4.78, 5) is 26.9. The Balaban J connectivity index is 1.83. The first-order valence-electron chi connectivity index (χ1n) is 8.88. The maximum atomic E-state index is 12.2. The Morgan fingerprint density at radius 3 is 2.68 bits per heavy atom. The Morgan fingerprint density at radius 1 is 1.32 bits per heavy atom. The third-order valence-corrected chi connectivity index (χ3v) is 5.84. The Morgan fingerprint density at radius 2 is 2.07 bits per heavy atom. The molecule has 0 aliphatic heterocycles. The van der Waals surface area contributed by atoms with Crippen LogP contribution in [0.3, 0.4) is 0 Å². The van der Waals surface area contributed by atoms with Crippen molar-refractivity contribution in [3.05, 3.63) is 62.6 Å². The summed E-state index contributed by atoms with van der Waals surface area (Å²) in [5.41, 5.74) is 1.88. The van der Waals surface area contributed by atoms with Gasteiger partial charge in [-0.3, -0.25) is 9.59 Å². The zero-order valence-electron chi connectivity index (χ0n) is 15.8. The van der Waals surface area contributed by atoms with E-state index in [9.17, 15) is 14.7 Å². The Kier molecular flexibility index (Phi) is 6.07. The van der Waals surface area contributed by atoms with Gasteiger partial charge in [-0.2, -0.15) is 0 Å². The molecule has 28 heavy (non-hydrogen) atoms. The molecular formula is C20H22ClN3O3S. The number of halogens is 1. The highest BCUT2D eigenvalue weighted by molar-refractivity contribution is 7.16. The van der Waals surface area contributed by atoms with Crippen molar-refractivity contribution < 1.29 is 14.7 Å². The van der Waals surface area contributed by atoms with Gasteiger partial charge in [0.05, 0.1) is 16.1 Å². The second-order valence-corrected chi connectivity index (χ2v) is 8.45. The van der Waals surface area contributed by atoms with Gasteiger partial charge in [0.15, 0.2) is 6.10 Å². The van der Waals surface area contributed by atoms with Crippen LogP contribution < -0.4 is 10.6 Å². The molecule has 3 rings (SSSR count). The molecule has 0 fully saturated rings. The fourth-order valence-corrected chi connectivity index (χ4v) is 4.15. The van der Waals surface area contributed by atoms with E-state index in [1.54, 1.807) is 38.4 Å². The number of Topliss-reactive ketones (excluding diaryl/α,β-unsaturated/α-hetero) is 1. The molecule has 1 amide bonds. The van der Waals surface area contributed by atoms with Gasteiger partial charge in [-0.15, -0.1) is 11.3 Å². The molecule has 1 aliphatic rings. The lowest BCUT2D eigenvalue weighted by atomic mass is 9.93. The molecule has 1 aliphatic carbocycles. The third-order valence-electron chi connectivity index (χ3n) is 4.50. The quantitative estimate of drug-likeness (QED) is 0.640. The summed E-state index contributed by atoms with van der Waals surface area (Å²) < 4.78 is 0.690. The number of aliphatic hydroxyl groups is 1. The molecule has 1 aromatic heterocycles. The number of thiophene rings is 1. The van der Waals surface area contributed by atoms with Crippen molar-refractivity contribution in [1.82, 2.24) is 10.2 Å². The molecule has 2 aromatic rings. The highest BCUT2D eigenvalue weighted by Crippen LogP contribution is 2.32. The molecule has 2 unspecified atom stereocenters. The van der Waals surface area contributed by atoms with E-state index in [0.717, 1.165) is 11.3 Å². The van der Waals surface area contributed by atoms with Gasteiger partial charge in [0.2, 0.25) is 5.78 Å². The highest BCUT2D eigenvalue weighted by Gasteiger charge is 2.39. The number of hydrogen-bond donors (Lipinski definition) is 3. The number of amides is 1. The number of benzene rings is 1. The number of aliphatic hydroxyl groups excluding tert-OH is 1. The molecule has 148 valence electrons. The van der Waals surface area contributed by atoms with E-state index in [4.69, 9.17) is 11.6 Å². The van der Waals surface area contributed by atoms with Crippen molar-refractivity contribution in [1.29, 1.82) is 0 Å². The van der Waals surface area contributed by atoms with Gasteiger partial charge in [-0.25, -0.2) is 0 Å². The molecule has 2 atom stereocenters. The van der Waals surface area contributed by atoms with Crippen LogP contribution in [0.4, 0.5) is 5.69 Å². The largest absolute Gasteiger partial charge is 0.378 e. The van der Waals surface area contributed by atoms with E-state index in [1.807, 2.05) is 19.1 Å². The lowest BCUT2D eigenvalue weighted by molar-refractivity contribution is -0.124. The normalized spacial score (nSPS) is 17.2. The number of ketones is 1. The molecule has 1 heterocycles. The predicted molar refractivity (Wildman–Crippen MR) is 112 cm³/mol. The van der Waals surface area contributed by atoms with Gasteiger partial charge in [-0.1, -0.05) is 24.6 Å². The van der Waals surface area contributed by atoms with Gasteiger partial charge in [0.1, 0.15) is 5.70 Å². The van der Waals surface area contributed by atoms with Gasteiger partial charge in [0, 0.05) is 30.2 Å². The van der Waals surface area contributed by atoms with Crippen LogP contribution in [-0.2, 0) is 4.79 Å². The van der Waals surface area contributed by atoms with Crippen LogP contribution in [0, 0.1) is 0 Å². The van der Waals surface area contributed by atoms with Crippen molar-refractivity contribution in [2.75, 3.05) is 19.4 Å². The Labute approximate surface area is 172 Å². The smallest absolute Gasteiger partial charge is 0.253 e. The molecule has 6 nitrogen and oxygen atoms in total. The van der Waals surface area contributed by atoms with Crippen LogP contribution in [-0.4, -0.2) is 41.9 Å². The van der Waals surface area contributed by atoms with E-state index in [1.165, 1.54) is 16.2 Å². The summed E-state index contributed by atoms with van der Waals surface area (Å²) in [6.45, 7) is 2.02. The van der Waals surface area contributed by atoms with E-state index >= 15 is 0 Å². The third kappa shape index (κ3) is 4.06. The average Bonchev–Trinajstić information content (AvgIpc) is 3.12. The molecule has 0 saturated heterocycles. The molecule has 0 bridgehead atoms. The van der Waals surface area contributed by atoms with E-state index in [2.05, 4.69) is 10.6 Å². The van der Waals surface area contributed by atoms with Gasteiger partial charge >= 0.3 is 0 Å². The van der Waals surface area contributed by atoms with Crippen molar-refractivity contribution in [2.24, 2.45) is 0 Å². The monoisotopic (exact) mass is 419 g/mol. The van der Waals surface area contributed by atoms with Crippen LogP contribution >= 0.6 is 22.9 Å². The maximum absolute atomic E-state index is 12.2. The number of nitrogens with one attached hydrogen (secondary N) is 2. The standard InChI is InChI=1S/C20H22ClN3O3S/c1-4-13(14-8-9-15(21)28-14)23-17-16(18(25)19(17)26)22-12-7-5-6-11(10-12)20(27)24(2)3/h5-10,13,19,22-23,26H,4H2,1-3H3. The molecule has 1 aromatic carbocycles. The Hall–Kier alpha value is -2.35. The van der Waals surface area contributed by atoms with E-state index in [0.29, 0.717) is 27.0 Å². The SMILES string of the molecule is CCC(NC1=C(Nc2cccc(C(=O)N(C)C)c2)C(=O)C1O)c1ccc(Cl)s1. The minimum Gasteiger partial charge on any atom is -0.378 e. The summed E-state index contributed by atoms with van der Waals surface area (Å²) in [7, 11) is 3.36. The lowest BCUT2D eigenvalue weighted by Crippen LogP contribution is -2.46. The van der Waals surface area contributed by atoms with Crippen LogP contribution in [0.15, 0.2) is 47.8 Å². The fraction of sp³-hybridized carbons (Fsp3) is 0.300. The summed E-state index contributed by atoms with van der Waals surface area (Å²) in [6, 6.07) is 10.6. The maximum Gasteiger partial charge on any atom is 0.253 e. The first kappa shape index (κ1) is 20.4.